The molecule has 0 unspecified atom stereocenters. The van der Waals surface area contributed by atoms with Gasteiger partial charge in [0.15, 0.2) is 11.6 Å². The van der Waals surface area contributed by atoms with Gasteiger partial charge in [0.1, 0.15) is 0 Å². The summed E-state index contributed by atoms with van der Waals surface area (Å²) in [5, 5.41) is 6.09. The van der Waals surface area contributed by atoms with E-state index in [1.54, 1.807) is 24.5 Å². The first-order valence-electron chi connectivity index (χ1n) is 8.63. The maximum absolute atomic E-state index is 14.1. The number of fused-ring (bicyclic) bond motifs is 1. The van der Waals surface area contributed by atoms with E-state index in [0.29, 0.717) is 29.9 Å². The Morgan fingerprint density at radius 1 is 1.30 bits per heavy atom. The number of anilines is 2. The number of benzene rings is 1. The van der Waals surface area contributed by atoms with Gasteiger partial charge in [-0.1, -0.05) is 6.07 Å². The highest BCUT2D eigenvalue weighted by molar-refractivity contribution is 6.06. The SMILES string of the molecule is COc1c(F)cccc1Nc1c(-c2ccncc2C)[nH]c2c1C(=O)NCC2. The Labute approximate surface area is 155 Å². The molecule has 3 heterocycles. The normalized spacial score (nSPS) is 13.1. The van der Waals surface area contributed by atoms with Gasteiger partial charge in [0.25, 0.3) is 5.91 Å². The molecule has 0 radical (unpaired) electrons. The van der Waals surface area contributed by atoms with Crippen LogP contribution in [0.4, 0.5) is 15.8 Å². The number of aromatic nitrogens is 2. The zero-order valence-electron chi connectivity index (χ0n) is 15.0. The summed E-state index contributed by atoms with van der Waals surface area (Å²) >= 11 is 0. The first-order valence-corrected chi connectivity index (χ1v) is 8.63. The Morgan fingerprint density at radius 2 is 2.15 bits per heavy atom. The third-order valence-electron chi connectivity index (χ3n) is 4.69. The highest BCUT2D eigenvalue weighted by atomic mass is 19.1. The van der Waals surface area contributed by atoms with Gasteiger partial charge in [0.2, 0.25) is 0 Å². The van der Waals surface area contributed by atoms with Crippen LogP contribution in [0, 0.1) is 12.7 Å². The predicted octanol–water partition coefficient (Wildman–Crippen LogP) is 3.56. The van der Waals surface area contributed by atoms with Crippen LogP contribution in [0.1, 0.15) is 21.6 Å². The fourth-order valence-electron chi connectivity index (χ4n) is 3.41. The van der Waals surface area contributed by atoms with E-state index in [-0.39, 0.29) is 11.7 Å². The number of ether oxygens (including phenoxy) is 1. The van der Waals surface area contributed by atoms with Crippen LogP contribution in [-0.2, 0) is 6.42 Å². The summed E-state index contributed by atoms with van der Waals surface area (Å²) in [7, 11) is 1.41. The zero-order valence-corrected chi connectivity index (χ0v) is 15.0. The highest BCUT2D eigenvalue weighted by Crippen LogP contribution is 2.40. The minimum absolute atomic E-state index is 0.0982. The van der Waals surface area contributed by atoms with E-state index in [1.165, 1.54) is 13.2 Å². The van der Waals surface area contributed by atoms with Crippen LogP contribution in [0.5, 0.6) is 5.75 Å². The Hall–Kier alpha value is -3.35. The van der Waals surface area contributed by atoms with Crippen molar-refractivity contribution in [3.63, 3.8) is 0 Å². The minimum atomic E-state index is -0.474. The molecule has 27 heavy (non-hydrogen) atoms. The van der Waals surface area contributed by atoms with Crippen molar-refractivity contribution in [1.82, 2.24) is 15.3 Å². The number of aryl methyl sites for hydroxylation is 1. The van der Waals surface area contributed by atoms with Gasteiger partial charge in [-0.2, -0.15) is 0 Å². The first kappa shape index (κ1) is 17.1. The smallest absolute Gasteiger partial charge is 0.255 e. The van der Waals surface area contributed by atoms with Gasteiger partial charge in [-0.05, 0) is 30.7 Å². The van der Waals surface area contributed by atoms with Crippen molar-refractivity contribution >= 4 is 17.3 Å². The third kappa shape index (κ3) is 2.91. The zero-order chi connectivity index (χ0) is 19.0. The largest absolute Gasteiger partial charge is 0.492 e. The lowest BCUT2D eigenvalue weighted by Crippen LogP contribution is -2.31. The number of nitrogens with zero attached hydrogens (tertiary/aromatic N) is 1. The quantitative estimate of drug-likeness (QED) is 0.660. The number of H-pyrrole nitrogens is 1. The summed E-state index contributed by atoms with van der Waals surface area (Å²) in [6.07, 6.45) is 4.16. The molecular weight excluding hydrogens is 347 g/mol. The molecule has 2 aromatic heterocycles. The Kier molecular flexibility index (Phi) is 4.27. The van der Waals surface area contributed by atoms with E-state index in [2.05, 4.69) is 20.6 Å². The number of carbonyl (C=O) groups is 1. The molecule has 7 heteroatoms. The summed E-state index contributed by atoms with van der Waals surface area (Å²) in [5.74, 6) is -0.539. The number of hydrogen-bond acceptors (Lipinski definition) is 4. The van der Waals surface area contributed by atoms with E-state index in [9.17, 15) is 9.18 Å². The number of halogens is 1. The van der Waals surface area contributed by atoms with E-state index < -0.39 is 5.82 Å². The van der Waals surface area contributed by atoms with Gasteiger partial charge in [-0.15, -0.1) is 0 Å². The van der Waals surface area contributed by atoms with Crippen molar-refractivity contribution < 1.29 is 13.9 Å². The van der Waals surface area contributed by atoms with Crippen molar-refractivity contribution in [2.24, 2.45) is 0 Å². The standard InChI is InChI=1S/C20H19FN4O2/c1-11-10-22-8-6-12(11)17-18(16-14(24-17)7-9-23-20(16)26)25-15-5-3-4-13(21)19(15)27-2/h3-6,8,10,24-25H,7,9H2,1-2H3,(H,23,26). The van der Waals surface area contributed by atoms with E-state index in [0.717, 1.165) is 22.5 Å². The summed E-state index contributed by atoms with van der Waals surface area (Å²) in [6.45, 7) is 2.53. The van der Waals surface area contributed by atoms with Gasteiger partial charge >= 0.3 is 0 Å². The average Bonchev–Trinajstić information content (AvgIpc) is 3.02. The topological polar surface area (TPSA) is 79.0 Å². The van der Waals surface area contributed by atoms with Gasteiger partial charge in [-0.3, -0.25) is 9.78 Å². The summed E-state index contributed by atoms with van der Waals surface area (Å²) in [4.78, 5) is 20.1. The lowest BCUT2D eigenvalue weighted by atomic mass is 10.0. The van der Waals surface area contributed by atoms with Crippen molar-refractivity contribution in [2.75, 3.05) is 19.0 Å². The molecule has 0 aliphatic carbocycles. The number of pyridine rings is 1. The predicted molar refractivity (Wildman–Crippen MR) is 101 cm³/mol. The van der Waals surface area contributed by atoms with Crippen molar-refractivity contribution in [3.05, 3.63) is 59.3 Å². The van der Waals surface area contributed by atoms with Crippen LogP contribution >= 0.6 is 0 Å². The second-order valence-corrected chi connectivity index (χ2v) is 6.37. The number of para-hydroxylation sites is 1. The maximum Gasteiger partial charge on any atom is 0.255 e. The molecule has 0 atom stereocenters. The van der Waals surface area contributed by atoms with Gasteiger partial charge < -0.3 is 20.4 Å². The molecule has 0 saturated carbocycles. The van der Waals surface area contributed by atoms with Gasteiger partial charge in [0, 0.05) is 36.6 Å². The minimum Gasteiger partial charge on any atom is -0.492 e. The number of methoxy groups -OCH3 is 1. The Bertz CT molecular complexity index is 1030. The molecule has 0 spiro atoms. The number of carbonyl (C=O) groups excluding carboxylic acids is 1. The van der Waals surface area contributed by atoms with Crippen LogP contribution in [0.3, 0.4) is 0 Å². The fourth-order valence-corrected chi connectivity index (χ4v) is 3.41. The molecule has 0 bridgehead atoms. The van der Waals surface area contributed by atoms with E-state index in [1.807, 2.05) is 13.0 Å². The first-order chi connectivity index (χ1) is 13.1. The fraction of sp³-hybridized carbons (Fsp3) is 0.200. The van der Waals surface area contributed by atoms with Crippen molar-refractivity contribution in [2.45, 2.75) is 13.3 Å². The Balaban J connectivity index is 1.91. The molecule has 3 aromatic rings. The lowest BCUT2D eigenvalue weighted by Gasteiger charge is -2.17. The van der Waals surface area contributed by atoms with Crippen LogP contribution in [0.2, 0.25) is 0 Å². The number of aromatic amines is 1. The van der Waals surface area contributed by atoms with Crippen LogP contribution < -0.4 is 15.4 Å². The van der Waals surface area contributed by atoms with Crippen molar-refractivity contribution in [1.29, 1.82) is 0 Å². The molecule has 1 aliphatic rings. The van der Waals surface area contributed by atoms with Crippen LogP contribution in [0.15, 0.2) is 36.7 Å². The van der Waals surface area contributed by atoms with E-state index in [4.69, 9.17) is 4.74 Å². The second-order valence-electron chi connectivity index (χ2n) is 6.37. The summed E-state index contributed by atoms with van der Waals surface area (Å²) in [5.41, 5.74) is 5.09. The molecule has 4 rings (SSSR count). The molecule has 1 aromatic carbocycles. The lowest BCUT2D eigenvalue weighted by molar-refractivity contribution is 0.0947. The number of hydrogen-bond donors (Lipinski definition) is 3. The molecule has 6 nitrogen and oxygen atoms in total. The van der Waals surface area contributed by atoms with Gasteiger partial charge in [0.05, 0.1) is 29.7 Å². The van der Waals surface area contributed by atoms with Crippen molar-refractivity contribution in [3.8, 4) is 17.0 Å². The number of nitrogens with one attached hydrogen (secondary N) is 3. The molecule has 138 valence electrons. The average molecular weight is 366 g/mol. The molecular formula is C20H19FN4O2. The summed E-state index contributed by atoms with van der Waals surface area (Å²) < 4.78 is 19.3. The molecule has 0 saturated heterocycles. The molecule has 1 amide bonds. The Morgan fingerprint density at radius 3 is 2.93 bits per heavy atom. The van der Waals surface area contributed by atoms with Crippen LogP contribution in [-0.4, -0.2) is 29.5 Å². The monoisotopic (exact) mass is 366 g/mol. The number of rotatable bonds is 4. The second kappa shape index (κ2) is 6.75. The summed E-state index contributed by atoms with van der Waals surface area (Å²) in [6, 6.07) is 6.53. The van der Waals surface area contributed by atoms with Crippen LogP contribution in [0.25, 0.3) is 11.3 Å². The molecule has 3 N–H and O–H groups in total. The third-order valence-corrected chi connectivity index (χ3v) is 4.69. The van der Waals surface area contributed by atoms with E-state index >= 15 is 0 Å². The molecule has 1 aliphatic heterocycles. The number of amides is 1. The maximum atomic E-state index is 14.1. The highest BCUT2D eigenvalue weighted by Gasteiger charge is 2.28. The molecule has 0 fully saturated rings. The van der Waals surface area contributed by atoms with Gasteiger partial charge in [-0.25, -0.2) is 4.39 Å².